The van der Waals surface area contributed by atoms with Crippen LogP contribution in [0.25, 0.3) is 0 Å². The summed E-state index contributed by atoms with van der Waals surface area (Å²) in [6, 6.07) is 1.71. The molecule has 0 bridgehead atoms. The van der Waals surface area contributed by atoms with Crippen LogP contribution >= 0.6 is 0 Å². The summed E-state index contributed by atoms with van der Waals surface area (Å²) in [6.07, 6.45) is 2.55. The second kappa shape index (κ2) is 6.99. The number of rotatable bonds is 7. The van der Waals surface area contributed by atoms with Crippen molar-refractivity contribution in [2.24, 2.45) is 5.92 Å². The van der Waals surface area contributed by atoms with Gasteiger partial charge in [0.05, 0.1) is 0 Å². The number of sulfonamides is 1. The molecule has 4 nitrogen and oxygen atoms in total. The Morgan fingerprint density at radius 3 is 2.50 bits per heavy atom. The second-order valence-electron chi connectivity index (χ2n) is 5.06. The van der Waals surface area contributed by atoms with Gasteiger partial charge >= 0.3 is 0 Å². The number of hydrogen-bond donors (Lipinski definition) is 2. The molecule has 0 unspecified atom stereocenters. The summed E-state index contributed by atoms with van der Waals surface area (Å²) >= 11 is 0. The molecular weight excluding hydrogens is 286 g/mol. The highest BCUT2D eigenvalue weighted by Crippen LogP contribution is 2.22. The van der Waals surface area contributed by atoms with E-state index in [9.17, 15) is 17.2 Å². The summed E-state index contributed by atoms with van der Waals surface area (Å²) < 4.78 is 52.7. The van der Waals surface area contributed by atoms with Gasteiger partial charge in [0.1, 0.15) is 16.4 Å². The van der Waals surface area contributed by atoms with Crippen LogP contribution < -0.4 is 10.5 Å². The minimum Gasteiger partial charge on any atom is -0.394 e. The van der Waals surface area contributed by atoms with Crippen molar-refractivity contribution >= 4 is 15.7 Å². The molecule has 1 aromatic rings. The zero-order valence-electron chi connectivity index (χ0n) is 11.6. The number of nitrogens with one attached hydrogen (secondary N) is 1. The van der Waals surface area contributed by atoms with Crippen LogP contribution in [0.15, 0.2) is 17.0 Å². The van der Waals surface area contributed by atoms with Gasteiger partial charge in [-0.1, -0.05) is 26.7 Å². The van der Waals surface area contributed by atoms with Gasteiger partial charge in [0, 0.05) is 6.54 Å². The number of halogens is 2. The number of anilines is 1. The number of nitrogen functional groups attached to an aromatic ring is 1. The summed E-state index contributed by atoms with van der Waals surface area (Å²) in [6.45, 7) is 4.38. The normalized spacial score (nSPS) is 12.1. The van der Waals surface area contributed by atoms with Gasteiger partial charge in [0.25, 0.3) is 0 Å². The van der Waals surface area contributed by atoms with E-state index < -0.39 is 32.2 Å². The minimum atomic E-state index is -4.00. The molecule has 0 aromatic heterocycles. The SMILES string of the molecule is CC(C)CCCCNS(=O)(=O)c1ccc(F)c(N)c1F. The molecule has 0 saturated heterocycles. The molecule has 0 aliphatic carbocycles. The molecule has 0 amide bonds. The lowest BCUT2D eigenvalue weighted by Crippen LogP contribution is -2.26. The Balaban J connectivity index is 2.68. The monoisotopic (exact) mass is 306 g/mol. The third kappa shape index (κ3) is 4.42. The molecule has 3 N–H and O–H groups in total. The maximum absolute atomic E-state index is 13.7. The molecule has 0 aliphatic heterocycles. The first kappa shape index (κ1) is 16.8. The average molecular weight is 306 g/mol. The van der Waals surface area contributed by atoms with Crippen molar-refractivity contribution in [3.05, 3.63) is 23.8 Å². The lowest BCUT2D eigenvalue weighted by atomic mass is 10.1. The highest BCUT2D eigenvalue weighted by Gasteiger charge is 2.21. The van der Waals surface area contributed by atoms with Crippen molar-refractivity contribution in [3.8, 4) is 0 Å². The maximum Gasteiger partial charge on any atom is 0.243 e. The van der Waals surface area contributed by atoms with Gasteiger partial charge in [-0.2, -0.15) is 0 Å². The maximum atomic E-state index is 13.7. The Bertz CT molecular complexity index is 560. The second-order valence-corrected chi connectivity index (χ2v) is 6.80. The first-order chi connectivity index (χ1) is 9.25. The van der Waals surface area contributed by atoms with Crippen molar-refractivity contribution < 1.29 is 17.2 Å². The third-order valence-corrected chi connectivity index (χ3v) is 4.36. The van der Waals surface area contributed by atoms with Gasteiger partial charge in [0.15, 0.2) is 5.82 Å². The number of benzene rings is 1. The van der Waals surface area contributed by atoms with Gasteiger partial charge in [-0.3, -0.25) is 0 Å². The third-order valence-electron chi connectivity index (χ3n) is 2.88. The van der Waals surface area contributed by atoms with Crippen LogP contribution in [0.2, 0.25) is 0 Å². The number of nitrogens with two attached hydrogens (primary N) is 1. The Hall–Kier alpha value is -1.21. The van der Waals surface area contributed by atoms with E-state index in [2.05, 4.69) is 18.6 Å². The van der Waals surface area contributed by atoms with E-state index in [1.54, 1.807) is 0 Å². The molecule has 0 atom stereocenters. The fraction of sp³-hybridized carbons (Fsp3) is 0.538. The van der Waals surface area contributed by atoms with Crippen molar-refractivity contribution in [1.82, 2.24) is 4.72 Å². The number of unbranched alkanes of at least 4 members (excludes halogenated alkanes) is 1. The molecule has 0 saturated carbocycles. The van der Waals surface area contributed by atoms with Gasteiger partial charge in [0.2, 0.25) is 10.0 Å². The standard InChI is InChI=1S/C13H20F2N2O2S/c1-9(2)5-3-4-8-17-20(18,19)11-7-6-10(14)13(16)12(11)15/h6-7,9,17H,3-5,8,16H2,1-2H3. The van der Waals surface area contributed by atoms with E-state index in [0.29, 0.717) is 12.3 Å². The minimum absolute atomic E-state index is 0.214. The molecule has 7 heteroatoms. The summed E-state index contributed by atoms with van der Waals surface area (Å²) in [5.74, 6) is -1.67. The fourth-order valence-corrected chi connectivity index (χ4v) is 2.88. The zero-order valence-corrected chi connectivity index (χ0v) is 12.4. The Labute approximate surface area is 118 Å². The molecule has 0 radical (unpaired) electrons. The fourth-order valence-electron chi connectivity index (χ4n) is 1.72. The Morgan fingerprint density at radius 2 is 1.90 bits per heavy atom. The van der Waals surface area contributed by atoms with E-state index in [4.69, 9.17) is 5.73 Å². The molecule has 1 rings (SSSR count). The van der Waals surface area contributed by atoms with E-state index >= 15 is 0 Å². The van der Waals surface area contributed by atoms with Gasteiger partial charge in [-0.25, -0.2) is 21.9 Å². The van der Waals surface area contributed by atoms with E-state index in [1.165, 1.54) is 0 Å². The lowest BCUT2D eigenvalue weighted by Gasteiger charge is -2.09. The molecule has 0 heterocycles. The summed E-state index contributed by atoms with van der Waals surface area (Å²) in [4.78, 5) is -0.625. The molecule has 0 aliphatic rings. The van der Waals surface area contributed by atoms with Crippen LogP contribution in [-0.4, -0.2) is 15.0 Å². The summed E-state index contributed by atoms with van der Waals surface area (Å²) in [5.41, 5.74) is 4.36. The molecule has 0 fully saturated rings. The van der Waals surface area contributed by atoms with Gasteiger partial charge < -0.3 is 5.73 Å². The quantitative estimate of drug-likeness (QED) is 0.601. The molecular formula is C13H20F2N2O2S. The average Bonchev–Trinajstić information content (AvgIpc) is 2.34. The van der Waals surface area contributed by atoms with E-state index in [-0.39, 0.29) is 6.54 Å². The van der Waals surface area contributed by atoms with Gasteiger partial charge in [-0.15, -0.1) is 0 Å². The predicted molar refractivity (Wildman–Crippen MR) is 74.6 cm³/mol. The highest BCUT2D eigenvalue weighted by atomic mass is 32.2. The smallest absolute Gasteiger partial charge is 0.243 e. The van der Waals surface area contributed by atoms with Crippen LogP contribution in [0.3, 0.4) is 0 Å². The lowest BCUT2D eigenvalue weighted by molar-refractivity contribution is 0.526. The van der Waals surface area contributed by atoms with Crippen LogP contribution in [0.4, 0.5) is 14.5 Å². The summed E-state index contributed by atoms with van der Waals surface area (Å²) in [7, 11) is -4.00. The Kier molecular flexibility index (Phi) is 5.88. The molecule has 1 aromatic carbocycles. The molecule has 20 heavy (non-hydrogen) atoms. The Morgan fingerprint density at radius 1 is 1.25 bits per heavy atom. The first-order valence-electron chi connectivity index (χ1n) is 6.49. The largest absolute Gasteiger partial charge is 0.394 e. The van der Waals surface area contributed by atoms with E-state index in [0.717, 1.165) is 25.0 Å². The van der Waals surface area contributed by atoms with Crippen LogP contribution in [-0.2, 0) is 10.0 Å². The van der Waals surface area contributed by atoms with Crippen LogP contribution in [0.1, 0.15) is 33.1 Å². The van der Waals surface area contributed by atoms with Crippen LogP contribution in [0, 0.1) is 17.6 Å². The van der Waals surface area contributed by atoms with Crippen molar-refractivity contribution in [1.29, 1.82) is 0 Å². The zero-order chi connectivity index (χ0) is 15.3. The van der Waals surface area contributed by atoms with E-state index in [1.807, 2.05) is 0 Å². The number of hydrogen-bond acceptors (Lipinski definition) is 3. The highest BCUT2D eigenvalue weighted by molar-refractivity contribution is 7.89. The first-order valence-corrected chi connectivity index (χ1v) is 7.97. The van der Waals surface area contributed by atoms with Crippen molar-refractivity contribution in [3.63, 3.8) is 0 Å². The van der Waals surface area contributed by atoms with Gasteiger partial charge in [-0.05, 0) is 24.5 Å². The van der Waals surface area contributed by atoms with Crippen molar-refractivity contribution in [2.75, 3.05) is 12.3 Å². The van der Waals surface area contributed by atoms with Crippen molar-refractivity contribution in [2.45, 2.75) is 38.0 Å². The molecule has 0 spiro atoms. The molecule has 114 valence electrons. The topological polar surface area (TPSA) is 72.2 Å². The predicted octanol–water partition coefficient (Wildman–Crippen LogP) is 2.65. The van der Waals surface area contributed by atoms with Crippen LogP contribution in [0.5, 0.6) is 0 Å². The summed E-state index contributed by atoms with van der Waals surface area (Å²) in [5, 5.41) is 0.